The fraction of sp³-hybridized carbons (Fsp3) is 1.00. The molecule has 1 saturated carbocycles. The van der Waals surface area contributed by atoms with Crippen LogP contribution in [-0.2, 0) is 4.74 Å². The Kier molecular flexibility index (Phi) is 5.07. The van der Waals surface area contributed by atoms with E-state index in [0.717, 1.165) is 13.0 Å². The summed E-state index contributed by atoms with van der Waals surface area (Å²) in [6, 6.07) is 0. The minimum absolute atomic E-state index is 0.0244. The molecule has 1 N–H and O–H groups in total. The minimum Gasteiger partial charge on any atom is -0.392 e. The Labute approximate surface area is 94.0 Å². The lowest BCUT2D eigenvalue weighted by Crippen LogP contribution is -2.54. The van der Waals surface area contributed by atoms with Gasteiger partial charge in [-0.15, -0.1) is 0 Å². The summed E-state index contributed by atoms with van der Waals surface area (Å²) in [6.45, 7) is 7.27. The molecular formula is C13H26O2. The van der Waals surface area contributed by atoms with Gasteiger partial charge < -0.3 is 9.84 Å². The molecule has 2 heteroatoms. The number of aliphatic hydroxyl groups is 1. The lowest BCUT2D eigenvalue weighted by Gasteiger charge is -2.48. The van der Waals surface area contributed by atoms with Gasteiger partial charge in [0.15, 0.2) is 0 Å². The van der Waals surface area contributed by atoms with Crippen molar-refractivity contribution < 1.29 is 9.84 Å². The molecule has 0 aromatic carbocycles. The summed E-state index contributed by atoms with van der Waals surface area (Å²) in [6.07, 6.45) is 7.35. The summed E-state index contributed by atoms with van der Waals surface area (Å²) < 4.78 is 5.78. The third kappa shape index (κ3) is 3.46. The molecule has 2 unspecified atom stereocenters. The van der Waals surface area contributed by atoms with Gasteiger partial charge in [0.25, 0.3) is 0 Å². The zero-order valence-electron chi connectivity index (χ0n) is 10.5. The normalized spacial score (nSPS) is 28.8. The Balaban J connectivity index is 1.97. The van der Waals surface area contributed by atoms with Crippen LogP contribution in [0.1, 0.15) is 59.3 Å². The molecule has 1 aliphatic carbocycles. The zero-order chi connectivity index (χ0) is 11.3. The van der Waals surface area contributed by atoms with E-state index in [4.69, 9.17) is 4.74 Å². The van der Waals surface area contributed by atoms with Gasteiger partial charge in [-0.3, -0.25) is 0 Å². The maximum atomic E-state index is 9.54. The molecule has 15 heavy (non-hydrogen) atoms. The number of ether oxygens (including phenoxy) is 1. The van der Waals surface area contributed by atoms with Crippen LogP contribution in [0, 0.1) is 5.41 Å². The first kappa shape index (κ1) is 13.0. The van der Waals surface area contributed by atoms with Crippen LogP contribution in [0.15, 0.2) is 0 Å². The van der Waals surface area contributed by atoms with E-state index in [1.54, 1.807) is 0 Å². The standard InChI is InChI=1S/C13H26O2/c1-4-5-6-7-8-9-15-12-10-11(14)13(12,2)3/h11-12,14H,4-10H2,1-3H3. The summed E-state index contributed by atoms with van der Waals surface area (Å²) in [7, 11) is 0. The second kappa shape index (κ2) is 5.86. The van der Waals surface area contributed by atoms with E-state index >= 15 is 0 Å². The van der Waals surface area contributed by atoms with E-state index in [9.17, 15) is 5.11 Å². The largest absolute Gasteiger partial charge is 0.392 e. The molecule has 0 bridgehead atoms. The fourth-order valence-electron chi connectivity index (χ4n) is 2.08. The molecule has 0 aromatic heterocycles. The molecule has 0 heterocycles. The van der Waals surface area contributed by atoms with E-state index in [1.165, 1.54) is 32.1 Å². The maximum absolute atomic E-state index is 9.54. The highest BCUT2D eigenvalue weighted by Gasteiger charge is 2.47. The van der Waals surface area contributed by atoms with Gasteiger partial charge in [0.2, 0.25) is 0 Å². The van der Waals surface area contributed by atoms with Gasteiger partial charge in [0, 0.05) is 18.4 Å². The molecule has 1 rings (SSSR count). The van der Waals surface area contributed by atoms with Crippen molar-refractivity contribution in [2.45, 2.75) is 71.5 Å². The Bertz CT molecular complexity index is 177. The van der Waals surface area contributed by atoms with Gasteiger partial charge >= 0.3 is 0 Å². The van der Waals surface area contributed by atoms with Crippen LogP contribution in [-0.4, -0.2) is 23.9 Å². The molecule has 0 saturated heterocycles. The van der Waals surface area contributed by atoms with Gasteiger partial charge in [0.05, 0.1) is 12.2 Å². The van der Waals surface area contributed by atoms with Crippen molar-refractivity contribution in [1.29, 1.82) is 0 Å². The lowest BCUT2D eigenvalue weighted by molar-refractivity contribution is -0.175. The molecule has 0 aromatic rings. The maximum Gasteiger partial charge on any atom is 0.0675 e. The van der Waals surface area contributed by atoms with E-state index in [0.29, 0.717) is 0 Å². The van der Waals surface area contributed by atoms with Crippen LogP contribution >= 0.6 is 0 Å². The molecule has 0 radical (unpaired) electrons. The molecule has 2 atom stereocenters. The predicted molar refractivity (Wildman–Crippen MR) is 62.9 cm³/mol. The Morgan fingerprint density at radius 1 is 1.20 bits per heavy atom. The van der Waals surface area contributed by atoms with Crippen LogP contribution < -0.4 is 0 Å². The molecule has 90 valence electrons. The zero-order valence-corrected chi connectivity index (χ0v) is 10.5. The molecule has 0 amide bonds. The quantitative estimate of drug-likeness (QED) is 0.660. The second-order valence-electron chi connectivity index (χ2n) is 5.35. The molecule has 2 nitrogen and oxygen atoms in total. The van der Waals surface area contributed by atoms with Gasteiger partial charge in [0.1, 0.15) is 0 Å². The molecule has 0 aliphatic heterocycles. The first-order chi connectivity index (χ1) is 7.09. The van der Waals surface area contributed by atoms with Gasteiger partial charge in [-0.1, -0.05) is 46.5 Å². The lowest BCUT2D eigenvalue weighted by atomic mass is 9.66. The summed E-state index contributed by atoms with van der Waals surface area (Å²) in [5.74, 6) is 0. The highest BCUT2D eigenvalue weighted by Crippen LogP contribution is 2.42. The molecular weight excluding hydrogens is 188 g/mol. The van der Waals surface area contributed by atoms with E-state index < -0.39 is 0 Å². The van der Waals surface area contributed by atoms with Crippen molar-refractivity contribution in [2.75, 3.05) is 6.61 Å². The van der Waals surface area contributed by atoms with Crippen molar-refractivity contribution in [3.8, 4) is 0 Å². The number of rotatable bonds is 7. The summed E-state index contributed by atoms with van der Waals surface area (Å²) >= 11 is 0. The van der Waals surface area contributed by atoms with Gasteiger partial charge in [-0.05, 0) is 6.42 Å². The van der Waals surface area contributed by atoms with Crippen LogP contribution in [0.3, 0.4) is 0 Å². The first-order valence-corrected chi connectivity index (χ1v) is 6.38. The average Bonchev–Trinajstić information content (AvgIpc) is 2.21. The summed E-state index contributed by atoms with van der Waals surface area (Å²) in [5, 5.41) is 9.54. The fourth-order valence-corrected chi connectivity index (χ4v) is 2.08. The number of hydrogen-bond donors (Lipinski definition) is 1. The number of hydrogen-bond acceptors (Lipinski definition) is 2. The number of aliphatic hydroxyl groups excluding tert-OH is 1. The highest BCUT2D eigenvalue weighted by molar-refractivity contribution is 4.98. The topological polar surface area (TPSA) is 29.5 Å². The SMILES string of the molecule is CCCCCCCOC1CC(O)C1(C)C. The smallest absolute Gasteiger partial charge is 0.0675 e. The molecule has 1 aliphatic rings. The monoisotopic (exact) mass is 214 g/mol. The van der Waals surface area contributed by atoms with Crippen LogP contribution in [0.5, 0.6) is 0 Å². The Morgan fingerprint density at radius 2 is 1.87 bits per heavy atom. The highest BCUT2D eigenvalue weighted by atomic mass is 16.5. The Morgan fingerprint density at radius 3 is 2.40 bits per heavy atom. The van der Waals surface area contributed by atoms with Crippen molar-refractivity contribution in [2.24, 2.45) is 5.41 Å². The van der Waals surface area contributed by atoms with Gasteiger partial charge in [-0.25, -0.2) is 0 Å². The van der Waals surface area contributed by atoms with Crippen molar-refractivity contribution in [3.63, 3.8) is 0 Å². The Hall–Kier alpha value is -0.0800. The van der Waals surface area contributed by atoms with E-state index in [-0.39, 0.29) is 17.6 Å². The minimum atomic E-state index is -0.164. The number of unbranched alkanes of at least 4 members (excludes halogenated alkanes) is 4. The van der Waals surface area contributed by atoms with Crippen LogP contribution in [0.2, 0.25) is 0 Å². The third-order valence-electron chi connectivity index (χ3n) is 3.69. The average molecular weight is 214 g/mol. The third-order valence-corrected chi connectivity index (χ3v) is 3.69. The second-order valence-corrected chi connectivity index (χ2v) is 5.35. The van der Waals surface area contributed by atoms with Crippen LogP contribution in [0.25, 0.3) is 0 Å². The van der Waals surface area contributed by atoms with E-state index in [2.05, 4.69) is 20.8 Å². The van der Waals surface area contributed by atoms with E-state index in [1.807, 2.05) is 0 Å². The van der Waals surface area contributed by atoms with Crippen LogP contribution in [0.4, 0.5) is 0 Å². The molecule has 1 fully saturated rings. The summed E-state index contributed by atoms with van der Waals surface area (Å²) in [4.78, 5) is 0. The van der Waals surface area contributed by atoms with Gasteiger partial charge in [-0.2, -0.15) is 0 Å². The molecule has 0 spiro atoms. The van der Waals surface area contributed by atoms with Crippen molar-refractivity contribution in [3.05, 3.63) is 0 Å². The van der Waals surface area contributed by atoms with Crippen molar-refractivity contribution in [1.82, 2.24) is 0 Å². The first-order valence-electron chi connectivity index (χ1n) is 6.38. The van der Waals surface area contributed by atoms with Crippen molar-refractivity contribution >= 4 is 0 Å². The summed E-state index contributed by atoms with van der Waals surface area (Å²) in [5.41, 5.74) is -0.0244. The predicted octanol–water partition coefficient (Wildman–Crippen LogP) is 3.13.